The third-order valence-corrected chi connectivity index (χ3v) is 1.99. The van der Waals surface area contributed by atoms with E-state index < -0.39 is 17.5 Å². The summed E-state index contributed by atoms with van der Waals surface area (Å²) in [5, 5.41) is 2.49. The molecule has 1 aromatic carbocycles. The van der Waals surface area contributed by atoms with Gasteiger partial charge in [-0.25, -0.2) is 8.78 Å². The molecule has 88 valence electrons. The van der Waals surface area contributed by atoms with Crippen LogP contribution in [0, 0.1) is 11.6 Å². The normalized spacial score (nSPS) is 12.2. The molecule has 3 nitrogen and oxygen atoms in total. The number of ether oxygens (including phenoxy) is 1. The Morgan fingerprint density at radius 2 is 2.19 bits per heavy atom. The second-order valence-corrected chi connectivity index (χ2v) is 3.43. The third kappa shape index (κ3) is 3.00. The van der Waals surface area contributed by atoms with Crippen molar-refractivity contribution in [2.75, 3.05) is 13.7 Å². The number of nitrogens with one attached hydrogen (secondary N) is 1. The summed E-state index contributed by atoms with van der Waals surface area (Å²) in [5.41, 5.74) is -0.303. The number of benzene rings is 1. The number of methoxy groups -OCH3 is 1. The van der Waals surface area contributed by atoms with Crippen LogP contribution in [0.3, 0.4) is 0 Å². The molecule has 0 radical (unpaired) electrons. The van der Waals surface area contributed by atoms with Gasteiger partial charge >= 0.3 is 0 Å². The molecule has 0 aromatic heterocycles. The van der Waals surface area contributed by atoms with Gasteiger partial charge in [0.2, 0.25) is 0 Å². The van der Waals surface area contributed by atoms with Crippen molar-refractivity contribution in [1.29, 1.82) is 0 Å². The first-order valence-corrected chi connectivity index (χ1v) is 4.80. The smallest absolute Gasteiger partial charge is 0.254 e. The molecule has 0 fully saturated rings. The van der Waals surface area contributed by atoms with Gasteiger partial charge in [0.05, 0.1) is 12.2 Å². The first-order valence-electron chi connectivity index (χ1n) is 4.80. The lowest BCUT2D eigenvalue weighted by atomic mass is 10.2. The molecule has 0 saturated carbocycles. The van der Waals surface area contributed by atoms with Crippen LogP contribution < -0.4 is 5.32 Å². The van der Waals surface area contributed by atoms with E-state index in [2.05, 4.69) is 5.32 Å². The van der Waals surface area contributed by atoms with E-state index in [-0.39, 0.29) is 11.6 Å². The molecule has 1 N–H and O–H groups in total. The molecule has 1 amide bonds. The SMILES string of the molecule is COCC(C)NC(=O)c1cccc(F)c1F. The van der Waals surface area contributed by atoms with Crippen LogP contribution in [-0.4, -0.2) is 25.7 Å². The number of carbonyl (C=O) groups is 1. The molecule has 1 rings (SSSR count). The lowest BCUT2D eigenvalue weighted by Crippen LogP contribution is -2.36. The lowest BCUT2D eigenvalue weighted by Gasteiger charge is -2.13. The van der Waals surface area contributed by atoms with Gasteiger partial charge in [-0.2, -0.15) is 0 Å². The largest absolute Gasteiger partial charge is 0.383 e. The van der Waals surface area contributed by atoms with Crippen molar-refractivity contribution in [1.82, 2.24) is 5.32 Å². The van der Waals surface area contributed by atoms with Crippen molar-refractivity contribution in [3.8, 4) is 0 Å². The van der Waals surface area contributed by atoms with E-state index in [0.29, 0.717) is 6.61 Å². The lowest BCUT2D eigenvalue weighted by molar-refractivity contribution is 0.0900. The van der Waals surface area contributed by atoms with Crippen LogP contribution >= 0.6 is 0 Å². The highest BCUT2D eigenvalue weighted by Crippen LogP contribution is 2.11. The summed E-state index contributed by atoms with van der Waals surface area (Å²) in [6.45, 7) is 2.02. The summed E-state index contributed by atoms with van der Waals surface area (Å²) in [4.78, 5) is 11.5. The minimum atomic E-state index is -1.13. The molecule has 16 heavy (non-hydrogen) atoms. The number of carbonyl (C=O) groups excluding carboxylic acids is 1. The van der Waals surface area contributed by atoms with Crippen LogP contribution in [-0.2, 0) is 4.74 Å². The van der Waals surface area contributed by atoms with Crippen LogP contribution in [0.15, 0.2) is 18.2 Å². The Morgan fingerprint density at radius 1 is 1.50 bits per heavy atom. The Labute approximate surface area is 92.4 Å². The van der Waals surface area contributed by atoms with Crippen molar-refractivity contribution < 1.29 is 18.3 Å². The van der Waals surface area contributed by atoms with Crippen LogP contribution in [0.1, 0.15) is 17.3 Å². The van der Waals surface area contributed by atoms with Gasteiger partial charge in [0.1, 0.15) is 0 Å². The van der Waals surface area contributed by atoms with Gasteiger partial charge in [0.25, 0.3) is 5.91 Å². The minimum Gasteiger partial charge on any atom is -0.383 e. The van der Waals surface area contributed by atoms with Gasteiger partial charge in [-0.3, -0.25) is 4.79 Å². The summed E-state index contributed by atoms with van der Waals surface area (Å²) < 4.78 is 30.9. The van der Waals surface area contributed by atoms with E-state index in [1.54, 1.807) is 6.92 Å². The van der Waals surface area contributed by atoms with Gasteiger partial charge in [0.15, 0.2) is 11.6 Å². The average Bonchev–Trinajstić information content (AvgIpc) is 2.22. The molecule has 0 saturated heterocycles. The zero-order valence-corrected chi connectivity index (χ0v) is 9.09. The molecule has 0 aliphatic carbocycles. The highest BCUT2D eigenvalue weighted by molar-refractivity contribution is 5.94. The van der Waals surface area contributed by atoms with Gasteiger partial charge in [-0.15, -0.1) is 0 Å². The summed E-state index contributed by atoms with van der Waals surface area (Å²) in [5.74, 6) is -2.82. The van der Waals surface area contributed by atoms with Crippen LogP contribution in [0.5, 0.6) is 0 Å². The number of hydrogen-bond donors (Lipinski definition) is 1. The summed E-state index contributed by atoms with van der Waals surface area (Å²) in [6, 6.07) is 3.21. The predicted molar refractivity (Wildman–Crippen MR) is 55.2 cm³/mol. The standard InChI is InChI=1S/C11H13F2NO2/c1-7(6-16-2)14-11(15)8-4-3-5-9(12)10(8)13/h3-5,7H,6H2,1-2H3,(H,14,15). The molecular weight excluding hydrogens is 216 g/mol. The molecule has 0 heterocycles. The topological polar surface area (TPSA) is 38.3 Å². The second-order valence-electron chi connectivity index (χ2n) is 3.43. The average molecular weight is 229 g/mol. The number of hydrogen-bond acceptors (Lipinski definition) is 2. The molecule has 5 heteroatoms. The minimum absolute atomic E-state index is 0.264. The number of amides is 1. The van der Waals surface area contributed by atoms with E-state index in [9.17, 15) is 13.6 Å². The van der Waals surface area contributed by atoms with Crippen LogP contribution in [0.4, 0.5) is 8.78 Å². The summed E-state index contributed by atoms with van der Waals surface area (Å²) >= 11 is 0. The fourth-order valence-electron chi connectivity index (χ4n) is 1.27. The predicted octanol–water partition coefficient (Wildman–Crippen LogP) is 1.73. The molecule has 1 unspecified atom stereocenters. The molecule has 0 aliphatic heterocycles. The Hall–Kier alpha value is -1.49. The van der Waals surface area contributed by atoms with Crippen molar-refractivity contribution in [3.63, 3.8) is 0 Å². The molecule has 0 bridgehead atoms. The number of rotatable bonds is 4. The quantitative estimate of drug-likeness (QED) is 0.853. The van der Waals surface area contributed by atoms with E-state index in [1.165, 1.54) is 19.2 Å². The zero-order valence-electron chi connectivity index (χ0n) is 9.09. The first-order chi connectivity index (χ1) is 7.56. The zero-order chi connectivity index (χ0) is 12.1. The monoisotopic (exact) mass is 229 g/mol. The van der Waals surface area contributed by atoms with E-state index >= 15 is 0 Å². The highest BCUT2D eigenvalue weighted by Gasteiger charge is 2.16. The first kappa shape index (κ1) is 12.6. The van der Waals surface area contributed by atoms with Crippen LogP contribution in [0.25, 0.3) is 0 Å². The Morgan fingerprint density at radius 3 is 2.81 bits per heavy atom. The summed E-state index contributed by atoms with van der Waals surface area (Å²) in [7, 11) is 1.49. The van der Waals surface area contributed by atoms with Crippen molar-refractivity contribution >= 4 is 5.91 Å². The Kier molecular flexibility index (Phi) is 4.37. The Balaban J connectivity index is 2.77. The van der Waals surface area contributed by atoms with Gasteiger partial charge in [-0.05, 0) is 19.1 Å². The number of halogens is 2. The van der Waals surface area contributed by atoms with Gasteiger partial charge in [0, 0.05) is 13.2 Å². The van der Waals surface area contributed by atoms with E-state index in [1.807, 2.05) is 0 Å². The molecule has 1 atom stereocenters. The molecule has 1 aromatic rings. The fourth-order valence-corrected chi connectivity index (χ4v) is 1.27. The van der Waals surface area contributed by atoms with Crippen molar-refractivity contribution in [2.24, 2.45) is 0 Å². The van der Waals surface area contributed by atoms with Crippen molar-refractivity contribution in [3.05, 3.63) is 35.4 Å². The molecule has 0 aliphatic rings. The Bertz CT molecular complexity index is 382. The van der Waals surface area contributed by atoms with Crippen LogP contribution in [0.2, 0.25) is 0 Å². The highest BCUT2D eigenvalue weighted by atomic mass is 19.2. The maximum Gasteiger partial charge on any atom is 0.254 e. The maximum absolute atomic E-state index is 13.2. The third-order valence-electron chi connectivity index (χ3n) is 1.99. The molecule has 0 spiro atoms. The maximum atomic E-state index is 13.2. The van der Waals surface area contributed by atoms with E-state index in [0.717, 1.165) is 6.07 Å². The van der Waals surface area contributed by atoms with Gasteiger partial charge in [-0.1, -0.05) is 6.07 Å². The molecular formula is C11H13F2NO2. The second kappa shape index (κ2) is 5.55. The van der Waals surface area contributed by atoms with E-state index in [4.69, 9.17) is 4.74 Å². The van der Waals surface area contributed by atoms with Crippen molar-refractivity contribution in [2.45, 2.75) is 13.0 Å². The fraction of sp³-hybridized carbons (Fsp3) is 0.364. The van der Waals surface area contributed by atoms with Gasteiger partial charge < -0.3 is 10.1 Å². The summed E-state index contributed by atoms with van der Waals surface area (Å²) in [6.07, 6.45) is 0.